The van der Waals surface area contributed by atoms with E-state index in [1.165, 1.54) is 18.3 Å². The van der Waals surface area contributed by atoms with Gasteiger partial charge < -0.3 is 5.32 Å². The highest BCUT2D eigenvalue weighted by Gasteiger charge is 2.05. The molecule has 0 aliphatic carbocycles. The van der Waals surface area contributed by atoms with Crippen LogP contribution in [-0.2, 0) is 10.5 Å². The van der Waals surface area contributed by atoms with Crippen molar-refractivity contribution in [3.63, 3.8) is 0 Å². The van der Waals surface area contributed by atoms with E-state index in [9.17, 15) is 4.79 Å². The fourth-order valence-corrected chi connectivity index (χ4v) is 3.49. The smallest absolute Gasteiger partial charge is 0.223 e. The Balaban J connectivity index is 1.68. The number of hydrogen-bond donors (Lipinski definition) is 1. The van der Waals surface area contributed by atoms with E-state index in [1.54, 1.807) is 11.8 Å². The van der Waals surface area contributed by atoms with E-state index in [1.807, 2.05) is 29.6 Å². The van der Waals surface area contributed by atoms with E-state index in [-0.39, 0.29) is 5.91 Å². The molecule has 0 unspecified atom stereocenters. The molecule has 2 aromatic heterocycles. The third-order valence-corrected chi connectivity index (χ3v) is 4.55. The van der Waals surface area contributed by atoms with Crippen LogP contribution >= 0.6 is 23.1 Å². The van der Waals surface area contributed by atoms with Crippen molar-refractivity contribution in [1.82, 2.24) is 9.97 Å². The summed E-state index contributed by atoms with van der Waals surface area (Å²) in [5.41, 5.74) is 1.95. The lowest BCUT2D eigenvalue weighted by Gasteiger charge is -2.01. The lowest BCUT2D eigenvalue weighted by molar-refractivity contribution is -0.114. The van der Waals surface area contributed by atoms with Gasteiger partial charge in [0.2, 0.25) is 5.91 Å². The summed E-state index contributed by atoms with van der Waals surface area (Å²) in [6, 6.07) is 12.2. The highest BCUT2D eigenvalue weighted by Crippen LogP contribution is 2.25. The molecule has 0 radical (unpaired) electrons. The number of carbonyl (C=O) groups excluding carboxylic acids is 1. The van der Waals surface area contributed by atoms with Gasteiger partial charge in [-0.15, -0.1) is 11.3 Å². The number of pyridine rings is 1. The molecule has 1 amide bonds. The number of nitrogens with one attached hydrogen (secondary N) is 1. The first-order valence-corrected chi connectivity index (χ1v) is 8.28. The number of anilines is 1. The van der Waals surface area contributed by atoms with Gasteiger partial charge in [-0.2, -0.15) is 0 Å². The zero-order chi connectivity index (χ0) is 14.7. The number of thiazole rings is 1. The third-order valence-electron chi connectivity index (χ3n) is 2.78. The molecule has 0 saturated heterocycles. The second-order valence-electron chi connectivity index (χ2n) is 4.46. The number of para-hydroxylation sites is 1. The molecule has 0 spiro atoms. The topological polar surface area (TPSA) is 54.9 Å². The summed E-state index contributed by atoms with van der Waals surface area (Å²) >= 11 is 3.08. The summed E-state index contributed by atoms with van der Waals surface area (Å²) in [5, 5.41) is 7.41. The van der Waals surface area contributed by atoms with Crippen LogP contribution in [0.2, 0.25) is 0 Å². The highest BCUT2D eigenvalue weighted by atomic mass is 32.2. The molecule has 106 valence electrons. The lowest BCUT2D eigenvalue weighted by Crippen LogP contribution is -2.05. The summed E-state index contributed by atoms with van der Waals surface area (Å²) in [7, 11) is 0. The highest BCUT2D eigenvalue weighted by molar-refractivity contribution is 7.98. The van der Waals surface area contributed by atoms with Crippen molar-refractivity contribution in [2.75, 3.05) is 5.32 Å². The first-order chi connectivity index (χ1) is 10.2. The van der Waals surface area contributed by atoms with Crippen molar-refractivity contribution >= 4 is 45.0 Å². The largest absolute Gasteiger partial charge is 0.302 e. The number of fused-ring (bicyclic) bond motifs is 1. The number of thioether (sulfide) groups is 1. The molecule has 0 bridgehead atoms. The normalized spacial score (nSPS) is 10.7. The monoisotopic (exact) mass is 315 g/mol. The summed E-state index contributed by atoms with van der Waals surface area (Å²) < 4.78 is 0. The fourth-order valence-electron chi connectivity index (χ4n) is 1.86. The van der Waals surface area contributed by atoms with Gasteiger partial charge in [0.05, 0.1) is 16.2 Å². The molecule has 6 heteroatoms. The molecular weight excluding hydrogens is 302 g/mol. The Bertz CT molecular complexity index is 785. The van der Waals surface area contributed by atoms with Crippen LogP contribution < -0.4 is 5.32 Å². The van der Waals surface area contributed by atoms with E-state index < -0.39 is 0 Å². The minimum atomic E-state index is -0.0975. The Kier molecular flexibility index (Phi) is 4.17. The number of benzene rings is 1. The molecule has 2 heterocycles. The lowest BCUT2D eigenvalue weighted by atomic mass is 10.2. The van der Waals surface area contributed by atoms with Gasteiger partial charge in [-0.25, -0.2) is 9.97 Å². The Morgan fingerprint density at radius 1 is 1.24 bits per heavy atom. The van der Waals surface area contributed by atoms with Crippen LogP contribution in [0.1, 0.15) is 12.6 Å². The average Bonchev–Trinajstić information content (AvgIpc) is 2.91. The zero-order valence-corrected chi connectivity index (χ0v) is 13.0. The van der Waals surface area contributed by atoms with Crippen LogP contribution in [0, 0.1) is 0 Å². The van der Waals surface area contributed by atoms with E-state index in [4.69, 9.17) is 0 Å². The Morgan fingerprint density at radius 3 is 2.95 bits per heavy atom. The zero-order valence-electron chi connectivity index (χ0n) is 11.4. The van der Waals surface area contributed by atoms with Gasteiger partial charge in [0.15, 0.2) is 5.13 Å². The predicted octanol–water partition coefficient (Wildman–Crippen LogP) is 3.94. The maximum Gasteiger partial charge on any atom is 0.223 e. The van der Waals surface area contributed by atoms with Gasteiger partial charge >= 0.3 is 0 Å². The van der Waals surface area contributed by atoms with Crippen LogP contribution in [0.4, 0.5) is 5.13 Å². The molecule has 1 aromatic carbocycles. The molecule has 4 nitrogen and oxygen atoms in total. The molecular formula is C15H13N3OS2. The maximum atomic E-state index is 11.0. The van der Waals surface area contributed by atoms with Crippen molar-refractivity contribution in [1.29, 1.82) is 0 Å². The van der Waals surface area contributed by atoms with Crippen LogP contribution in [0.3, 0.4) is 0 Å². The van der Waals surface area contributed by atoms with Crippen LogP contribution in [0.5, 0.6) is 0 Å². The van der Waals surface area contributed by atoms with Gasteiger partial charge in [0.1, 0.15) is 0 Å². The van der Waals surface area contributed by atoms with Crippen molar-refractivity contribution < 1.29 is 4.79 Å². The fraction of sp³-hybridized carbons (Fsp3) is 0.133. The molecule has 3 aromatic rings. The molecule has 0 saturated carbocycles. The second-order valence-corrected chi connectivity index (χ2v) is 6.31. The molecule has 0 atom stereocenters. The van der Waals surface area contributed by atoms with Crippen molar-refractivity contribution in [3.05, 3.63) is 47.5 Å². The second kappa shape index (κ2) is 6.24. The van der Waals surface area contributed by atoms with E-state index in [0.29, 0.717) is 5.13 Å². The first kappa shape index (κ1) is 14.0. The Hall–Kier alpha value is -1.92. The maximum absolute atomic E-state index is 11.0. The standard InChI is InChI=1S/C15H13N3OS2/c1-10(19)16-15-17-12(9-21-15)8-20-14-7-6-11-4-2-3-5-13(11)18-14/h2-7,9H,8H2,1H3,(H,16,17,19). The van der Waals surface area contributed by atoms with Gasteiger partial charge in [0.25, 0.3) is 0 Å². The van der Waals surface area contributed by atoms with Crippen LogP contribution in [-0.4, -0.2) is 15.9 Å². The summed E-state index contributed by atoms with van der Waals surface area (Å²) in [5.74, 6) is 0.640. The number of nitrogens with zero attached hydrogens (tertiary/aromatic N) is 2. The summed E-state index contributed by atoms with van der Waals surface area (Å²) in [6.45, 7) is 1.48. The predicted molar refractivity (Wildman–Crippen MR) is 87.7 cm³/mol. The van der Waals surface area contributed by atoms with Crippen molar-refractivity contribution in [2.45, 2.75) is 17.7 Å². The van der Waals surface area contributed by atoms with Gasteiger partial charge in [-0.3, -0.25) is 4.79 Å². The van der Waals surface area contributed by atoms with E-state index >= 15 is 0 Å². The van der Waals surface area contributed by atoms with E-state index in [2.05, 4.69) is 27.4 Å². The van der Waals surface area contributed by atoms with Gasteiger partial charge in [-0.1, -0.05) is 36.0 Å². The average molecular weight is 315 g/mol. The quantitative estimate of drug-likeness (QED) is 0.741. The first-order valence-electron chi connectivity index (χ1n) is 6.41. The number of carbonyl (C=O) groups is 1. The molecule has 0 fully saturated rings. The van der Waals surface area contributed by atoms with Crippen molar-refractivity contribution in [3.8, 4) is 0 Å². The molecule has 1 N–H and O–H groups in total. The van der Waals surface area contributed by atoms with E-state index in [0.717, 1.165) is 27.4 Å². The molecule has 3 rings (SSSR count). The Labute approximate surface area is 130 Å². The SMILES string of the molecule is CC(=O)Nc1nc(CSc2ccc3ccccc3n2)cs1. The summed E-state index contributed by atoms with van der Waals surface area (Å²) in [6.07, 6.45) is 0. The van der Waals surface area contributed by atoms with Crippen molar-refractivity contribution in [2.24, 2.45) is 0 Å². The number of hydrogen-bond acceptors (Lipinski definition) is 5. The third kappa shape index (κ3) is 3.59. The minimum absolute atomic E-state index is 0.0975. The number of rotatable bonds is 4. The molecule has 0 aliphatic heterocycles. The van der Waals surface area contributed by atoms with Gasteiger partial charge in [-0.05, 0) is 12.1 Å². The summed E-state index contributed by atoms with van der Waals surface area (Å²) in [4.78, 5) is 19.9. The van der Waals surface area contributed by atoms with Crippen LogP contribution in [0.15, 0.2) is 46.8 Å². The molecule has 21 heavy (non-hydrogen) atoms. The van der Waals surface area contributed by atoms with Crippen LogP contribution in [0.25, 0.3) is 10.9 Å². The van der Waals surface area contributed by atoms with Gasteiger partial charge in [0, 0.05) is 23.4 Å². The number of aromatic nitrogens is 2. The molecule has 0 aliphatic rings. The minimum Gasteiger partial charge on any atom is -0.302 e. The number of amides is 1. The Morgan fingerprint density at radius 2 is 2.10 bits per heavy atom.